The van der Waals surface area contributed by atoms with Gasteiger partial charge in [0.25, 0.3) is 0 Å². The van der Waals surface area contributed by atoms with Crippen molar-refractivity contribution in [3.63, 3.8) is 0 Å². The molecule has 0 unspecified atom stereocenters. The Labute approximate surface area is 126 Å². The summed E-state index contributed by atoms with van der Waals surface area (Å²) in [5.74, 6) is 0. The summed E-state index contributed by atoms with van der Waals surface area (Å²) in [6, 6.07) is 4.40. The zero-order valence-electron chi connectivity index (χ0n) is 12.7. The van der Waals surface area contributed by atoms with Crippen LogP contribution in [0.3, 0.4) is 0 Å². The van der Waals surface area contributed by atoms with Gasteiger partial charge in [0.1, 0.15) is 6.07 Å². The third kappa shape index (κ3) is 3.13. The van der Waals surface area contributed by atoms with Crippen LogP contribution in [0.4, 0.5) is 0 Å². The molecule has 21 heavy (non-hydrogen) atoms. The summed E-state index contributed by atoms with van der Waals surface area (Å²) in [6.07, 6.45) is 3.58. The lowest BCUT2D eigenvalue weighted by Gasteiger charge is -2.33. The molecular formula is C16H24N4O. The summed E-state index contributed by atoms with van der Waals surface area (Å²) in [5, 5.41) is 19.4. The summed E-state index contributed by atoms with van der Waals surface area (Å²) in [7, 11) is 0. The maximum atomic E-state index is 10.3. The van der Waals surface area contributed by atoms with Gasteiger partial charge in [-0.1, -0.05) is 6.42 Å². The Balaban J connectivity index is 1.61. The molecule has 1 aromatic heterocycles. The molecule has 1 aromatic rings. The van der Waals surface area contributed by atoms with Gasteiger partial charge in [0.15, 0.2) is 0 Å². The van der Waals surface area contributed by atoms with Crippen LogP contribution in [0.5, 0.6) is 0 Å². The number of aryl methyl sites for hydroxylation is 1. The second-order valence-corrected chi connectivity index (χ2v) is 6.37. The zero-order chi connectivity index (χ0) is 14.8. The smallest absolute Gasteiger partial charge is 0.101 e. The van der Waals surface area contributed by atoms with Gasteiger partial charge in [-0.05, 0) is 38.9 Å². The second kappa shape index (κ2) is 6.18. The highest BCUT2D eigenvalue weighted by atomic mass is 16.3. The molecule has 0 aromatic carbocycles. The molecular weight excluding hydrogens is 264 g/mol. The fraction of sp³-hybridized carbons (Fsp3) is 0.688. The molecule has 114 valence electrons. The number of nitrogens with zero attached hydrogens (tertiary/aromatic N) is 3. The van der Waals surface area contributed by atoms with Crippen LogP contribution < -0.4 is 0 Å². The Kier molecular flexibility index (Phi) is 4.29. The van der Waals surface area contributed by atoms with E-state index < -0.39 is 0 Å². The van der Waals surface area contributed by atoms with Gasteiger partial charge in [-0.15, -0.1) is 0 Å². The van der Waals surface area contributed by atoms with Crippen LogP contribution in [0.2, 0.25) is 0 Å². The number of nitrogens with one attached hydrogen (secondary N) is 1. The number of hydrogen-bond acceptors (Lipinski definition) is 4. The van der Waals surface area contributed by atoms with Crippen LogP contribution in [0.15, 0.2) is 6.07 Å². The predicted molar refractivity (Wildman–Crippen MR) is 80.7 cm³/mol. The lowest BCUT2D eigenvalue weighted by atomic mass is 10.1. The number of piperidine rings is 1. The van der Waals surface area contributed by atoms with Crippen molar-refractivity contribution in [2.24, 2.45) is 0 Å². The molecule has 2 N–H and O–H groups in total. The average Bonchev–Trinajstić information content (AvgIpc) is 3.02. The van der Waals surface area contributed by atoms with Gasteiger partial charge in [0.05, 0.1) is 11.7 Å². The Morgan fingerprint density at radius 2 is 2.10 bits per heavy atom. The fourth-order valence-corrected chi connectivity index (χ4v) is 3.65. The Bertz CT molecular complexity index is 527. The Hall–Kier alpha value is -1.35. The molecule has 3 rings (SSSR count). The molecule has 0 aliphatic carbocycles. The Morgan fingerprint density at radius 1 is 1.33 bits per heavy atom. The number of aromatic nitrogens is 1. The number of H-pyrrole nitrogens is 1. The minimum absolute atomic E-state index is 0.255. The van der Waals surface area contributed by atoms with E-state index >= 15 is 0 Å². The first kappa shape index (κ1) is 14.6. The van der Waals surface area contributed by atoms with Crippen LogP contribution in [0.1, 0.15) is 36.2 Å². The quantitative estimate of drug-likeness (QED) is 0.878. The molecule has 5 nitrogen and oxygen atoms in total. The molecule has 0 radical (unpaired) electrons. The van der Waals surface area contributed by atoms with Gasteiger partial charge in [-0.2, -0.15) is 5.26 Å². The van der Waals surface area contributed by atoms with Crippen LogP contribution in [0.25, 0.3) is 0 Å². The van der Waals surface area contributed by atoms with Gasteiger partial charge < -0.3 is 10.1 Å². The minimum atomic E-state index is -0.255. The zero-order valence-corrected chi connectivity index (χ0v) is 12.7. The highest BCUT2D eigenvalue weighted by Crippen LogP contribution is 2.22. The molecule has 5 heteroatoms. The van der Waals surface area contributed by atoms with Gasteiger partial charge >= 0.3 is 0 Å². The summed E-state index contributed by atoms with van der Waals surface area (Å²) in [4.78, 5) is 8.01. The molecule has 2 aliphatic heterocycles. The maximum Gasteiger partial charge on any atom is 0.101 e. The normalized spacial score (nSPS) is 27.9. The van der Waals surface area contributed by atoms with Gasteiger partial charge in [-0.3, -0.25) is 9.80 Å². The molecule has 2 saturated heterocycles. The van der Waals surface area contributed by atoms with Crippen LogP contribution in [0, 0.1) is 18.3 Å². The second-order valence-electron chi connectivity index (χ2n) is 6.37. The number of likely N-dealkylation sites (tertiary alicyclic amines) is 2. The topological polar surface area (TPSA) is 66.3 Å². The lowest BCUT2D eigenvalue weighted by Crippen LogP contribution is -2.45. The SMILES string of the molecule is Cc1[nH]c(CN2C[C@H](O)[C@@H](N3CCCCC3)C2)cc1C#N. The number of aromatic amines is 1. The largest absolute Gasteiger partial charge is 0.390 e. The van der Waals surface area contributed by atoms with Crippen LogP contribution >= 0.6 is 0 Å². The molecule has 2 aliphatic rings. The number of β-amino-alcohol motifs (C(OH)–C–C–N with tert-alkyl or cyclic N) is 1. The number of nitriles is 1. The van der Waals surface area contributed by atoms with Crippen molar-refractivity contribution in [1.82, 2.24) is 14.8 Å². The minimum Gasteiger partial charge on any atom is -0.390 e. The van der Waals surface area contributed by atoms with Crippen molar-refractivity contribution in [2.75, 3.05) is 26.2 Å². The van der Waals surface area contributed by atoms with Crippen molar-refractivity contribution >= 4 is 0 Å². The highest BCUT2D eigenvalue weighted by Gasteiger charge is 2.35. The van der Waals surface area contributed by atoms with E-state index in [1.54, 1.807) is 0 Å². The summed E-state index contributed by atoms with van der Waals surface area (Å²) >= 11 is 0. The standard InChI is InChI=1S/C16H24N4O/c1-12-13(8-17)7-14(18-12)9-19-10-15(16(21)11-19)20-5-3-2-4-6-20/h7,15-16,18,21H,2-6,9-11H2,1H3/t15-,16-/m0/s1. The third-order valence-electron chi connectivity index (χ3n) is 4.78. The van der Waals surface area contributed by atoms with E-state index in [1.807, 2.05) is 13.0 Å². The van der Waals surface area contributed by atoms with Crippen molar-refractivity contribution in [3.8, 4) is 6.07 Å². The van der Waals surface area contributed by atoms with E-state index in [2.05, 4.69) is 20.9 Å². The van der Waals surface area contributed by atoms with Gasteiger partial charge in [-0.25, -0.2) is 0 Å². The number of aliphatic hydroxyl groups is 1. The van der Waals surface area contributed by atoms with Crippen LogP contribution in [-0.4, -0.2) is 58.2 Å². The number of hydrogen-bond donors (Lipinski definition) is 2. The fourth-order valence-electron chi connectivity index (χ4n) is 3.65. The first-order valence-corrected chi connectivity index (χ1v) is 7.90. The molecule has 0 saturated carbocycles. The monoisotopic (exact) mass is 288 g/mol. The number of aliphatic hydroxyl groups excluding tert-OH is 1. The van der Waals surface area contributed by atoms with Crippen molar-refractivity contribution in [1.29, 1.82) is 5.26 Å². The molecule has 0 amide bonds. The van der Waals surface area contributed by atoms with E-state index in [0.717, 1.165) is 49.7 Å². The first-order chi connectivity index (χ1) is 10.2. The van der Waals surface area contributed by atoms with E-state index in [4.69, 9.17) is 5.26 Å². The van der Waals surface area contributed by atoms with Crippen molar-refractivity contribution in [3.05, 3.63) is 23.0 Å². The van der Waals surface area contributed by atoms with E-state index in [-0.39, 0.29) is 12.1 Å². The van der Waals surface area contributed by atoms with Crippen molar-refractivity contribution < 1.29 is 5.11 Å². The summed E-state index contributed by atoms with van der Waals surface area (Å²) in [6.45, 7) is 6.59. The average molecular weight is 288 g/mol. The third-order valence-corrected chi connectivity index (χ3v) is 4.78. The van der Waals surface area contributed by atoms with Crippen LogP contribution in [-0.2, 0) is 6.54 Å². The number of rotatable bonds is 3. The Morgan fingerprint density at radius 3 is 2.76 bits per heavy atom. The molecule has 2 atom stereocenters. The molecule has 3 heterocycles. The van der Waals surface area contributed by atoms with Crippen molar-refractivity contribution in [2.45, 2.75) is 44.9 Å². The predicted octanol–water partition coefficient (Wildman–Crippen LogP) is 1.23. The first-order valence-electron chi connectivity index (χ1n) is 7.90. The van der Waals surface area contributed by atoms with E-state index in [9.17, 15) is 5.11 Å². The summed E-state index contributed by atoms with van der Waals surface area (Å²) < 4.78 is 0. The molecule has 2 fully saturated rings. The molecule has 0 bridgehead atoms. The van der Waals surface area contributed by atoms with Gasteiger partial charge in [0, 0.05) is 37.1 Å². The van der Waals surface area contributed by atoms with Gasteiger partial charge in [0.2, 0.25) is 0 Å². The molecule has 0 spiro atoms. The van der Waals surface area contributed by atoms with E-state index in [0.29, 0.717) is 0 Å². The lowest BCUT2D eigenvalue weighted by molar-refractivity contribution is 0.0706. The van der Waals surface area contributed by atoms with E-state index in [1.165, 1.54) is 19.3 Å². The summed E-state index contributed by atoms with van der Waals surface area (Å²) in [5.41, 5.74) is 2.72. The maximum absolute atomic E-state index is 10.3. The highest BCUT2D eigenvalue weighted by molar-refractivity contribution is 5.35.